The van der Waals surface area contributed by atoms with Crippen LogP contribution >= 0.6 is 0 Å². The molecule has 1 aliphatic carbocycles. The van der Waals surface area contributed by atoms with Crippen LogP contribution in [0.2, 0.25) is 0 Å². The summed E-state index contributed by atoms with van der Waals surface area (Å²) in [6.07, 6.45) is 3.89. The Labute approximate surface area is 110 Å². The molecule has 3 heteroatoms. The molecule has 18 heavy (non-hydrogen) atoms. The van der Waals surface area contributed by atoms with Gasteiger partial charge in [0.05, 0.1) is 7.11 Å². The Hall–Kier alpha value is -1.06. The minimum atomic E-state index is 0.650. The fourth-order valence-corrected chi connectivity index (χ4v) is 3.01. The molecule has 0 aliphatic heterocycles. The van der Waals surface area contributed by atoms with E-state index in [0.29, 0.717) is 12.0 Å². The van der Waals surface area contributed by atoms with Crippen LogP contribution in [0.25, 0.3) is 0 Å². The molecule has 0 amide bonds. The first-order valence-corrected chi connectivity index (χ1v) is 6.78. The SMILES string of the molecule is COc1ccc(CN(C)C2CCCC2CN)cc1. The van der Waals surface area contributed by atoms with Gasteiger partial charge in [0.25, 0.3) is 0 Å². The molecule has 100 valence electrons. The molecule has 0 heterocycles. The van der Waals surface area contributed by atoms with Crippen molar-refractivity contribution in [3.8, 4) is 5.75 Å². The largest absolute Gasteiger partial charge is 0.497 e. The Morgan fingerprint density at radius 3 is 2.61 bits per heavy atom. The molecule has 1 aromatic carbocycles. The Morgan fingerprint density at radius 1 is 1.28 bits per heavy atom. The van der Waals surface area contributed by atoms with E-state index in [1.807, 2.05) is 12.1 Å². The molecule has 1 fully saturated rings. The first-order chi connectivity index (χ1) is 8.74. The summed E-state index contributed by atoms with van der Waals surface area (Å²) >= 11 is 0. The molecule has 0 radical (unpaired) electrons. The lowest BCUT2D eigenvalue weighted by atomic mass is 10.0. The third-order valence-electron chi connectivity index (χ3n) is 4.08. The molecule has 2 N–H and O–H groups in total. The third kappa shape index (κ3) is 3.03. The van der Waals surface area contributed by atoms with Gasteiger partial charge in [0.2, 0.25) is 0 Å². The van der Waals surface area contributed by atoms with Crippen LogP contribution in [0.1, 0.15) is 24.8 Å². The summed E-state index contributed by atoms with van der Waals surface area (Å²) in [6.45, 7) is 1.81. The van der Waals surface area contributed by atoms with Gasteiger partial charge in [-0.1, -0.05) is 18.6 Å². The van der Waals surface area contributed by atoms with Crippen LogP contribution in [0.15, 0.2) is 24.3 Å². The number of hydrogen-bond donors (Lipinski definition) is 1. The van der Waals surface area contributed by atoms with E-state index in [2.05, 4.69) is 24.1 Å². The van der Waals surface area contributed by atoms with Gasteiger partial charge in [0.15, 0.2) is 0 Å². The van der Waals surface area contributed by atoms with Crippen LogP contribution in [-0.4, -0.2) is 31.6 Å². The second-order valence-corrected chi connectivity index (χ2v) is 5.26. The molecule has 1 aromatic rings. The molecule has 0 bridgehead atoms. The Bertz CT molecular complexity index is 363. The van der Waals surface area contributed by atoms with Crippen molar-refractivity contribution < 1.29 is 4.74 Å². The molecule has 1 aliphatic rings. The van der Waals surface area contributed by atoms with Gasteiger partial charge in [-0.05, 0) is 50.0 Å². The number of hydrogen-bond acceptors (Lipinski definition) is 3. The van der Waals surface area contributed by atoms with E-state index in [-0.39, 0.29) is 0 Å². The number of ether oxygens (including phenoxy) is 1. The summed E-state index contributed by atoms with van der Waals surface area (Å²) in [6, 6.07) is 8.98. The average molecular weight is 248 g/mol. The summed E-state index contributed by atoms with van der Waals surface area (Å²) < 4.78 is 5.18. The number of rotatable bonds is 5. The zero-order valence-electron chi connectivity index (χ0n) is 11.4. The normalized spacial score (nSPS) is 23.6. The van der Waals surface area contributed by atoms with Crippen LogP contribution in [0.5, 0.6) is 5.75 Å². The molecule has 2 unspecified atom stereocenters. The number of benzene rings is 1. The first kappa shape index (κ1) is 13.4. The summed E-state index contributed by atoms with van der Waals surface area (Å²) in [5, 5.41) is 0. The van der Waals surface area contributed by atoms with Crippen LogP contribution in [0, 0.1) is 5.92 Å². The summed E-state index contributed by atoms with van der Waals surface area (Å²) in [5.41, 5.74) is 7.18. The Morgan fingerprint density at radius 2 is 2.00 bits per heavy atom. The maximum Gasteiger partial charge on any atom is 0.118 e. The highest BCUT2D eigenvalue weighted by Gasteiger charge is 2.28. The van der Waals surface area contributed by atoms with Crippen molar-refractivity contribution in [2.24, 2.45) is 11.7 Å². The van der Waals surface area contributed by atoms with Crippen molar-refractivity contribution >= 4 is 0 Å². The van der Waals surface area contributed by atoms with Gasteiger partial charge in [-0.2, -0.15) is 0 Å². The van der Waals surface area contributed by atoms with Crippen molar-refractivity contribution in [2.45, 2.75) is 31.8 Å². The monoisotopic (exact) mass is 248 g/mol. The number of nitrogens with two attached hydrogens (primary N) is 1. The van der Waals surface area contributed by atoms with Crippen molar-refractivity contribution in [2.75, 3.05) is 20.7 Å². The van der Waals surface area contributed by atoms with Gasteiger partial charge in [0.1, 0.15) is 5.75 Å². The van der Waals surface area contributed by atoms with Gasteiger partial charge < -0.3 is 10.5 Å². The predicted octanol–water partition coefficient (Wildman–Crippen LogP) is 2.25. The topological polar surface area (TPSA) is 38.5 Å². The van der Waals surface area contributed by atoms with E-state index in [1.165, 1.54) is 24.8 Å². The van der Waals surface area contributed by atoms with Gasteiger partial charge in [-0.15, -0.1) is 0 Å². The van der Waals surface area contributed by atoms with Crippen molar-refractivity contribution in [3.63, 3.8) is 0 Å². The average Bonchev–Trinajstić information content (AvgIpc) is 2.88. The summed E-state index contributed by atoms with van der Waals surface area (Å²) in [4.78, 5) is 2.45. The van der Waals surface area contributed by atoms with E-state index in [0.717, 1.165) is 18.8 Å². The lowest BCUT2D eigenvalue weighted by Crippen LogP contribution is -2.37. The highest BCUT2D eigenvalue weighted by Crippen LogP contribution is 2.29. The van der Waals surface area contributed by atoms with Crippen molar-refractivity contribution in [1.29, 1.82) is 0 Å². The van der Waals surface area contributed by atoms with E-state index in [4.69, 9.17) is 10.5 Å². The zero-order chi connectivity index (χ0) is 13.0. The van der Waals surface area contributed by atoms with E-state index in [9.17, 15) is 0 Å². The minimum Gasteiger partial charge on any atom is -0.497 e. The quantitative estimate of drug-likeness (QED) is 0.868. The van der Waals surface area contributed by atoms with E-state index >= 15 is 0 Å². The fraction of sp³-hybridized carbons (Fsp3) is 0.600. The molecule has 3 nitrogen and oxygen atoms in total. The zero-order valence-corrected chi connectivity index (χ0v) is 11.4. The maximum absolute atomic E-state index is 5.85. The highest BCUT2D eigenvalue weighted by atomic mass is 16.5. The lowest BCUT2D eigenvalue weighted by Gasteiger charge is -2.29. The Kier molecular flexibility index (Phi) is 4.61. The predicted molar refractivity (Wildman–Crippen MR) is 74.6 cm³/mol. The lowest BCUT2D eigenvalue weighted by molar-refractivity contribution is 0.193. The Balaban J connectivity index is 1.95. The molecule has 1 saturated carbocycles. The molecule has 0 spiro atoms. The van der Waals surface area contributed by atoms with E-state index in [1.54, 1.807) is 7.11 Å². The van der Waals surface area contributed by atoms with Gasteiger partial charge >= 0.3 is 0 Å². The summed E-state index contributed by atoms with van der Waals surface area (Å²) in [7, 11) is 3.91. The molecule has 2 rings (SSSR count). The van der Waals surface area contributed by atoms with Crippen molar-refractivity contribution in [1.82, 2.24) is 4.90 Å². The van der Waals surface area contributed by atoms with Gasteiger partial charge in [0, 0.05) is 12.6 Å². The van der Waals surface area contributed by atoms with Crippen LogP contribution in [-0.2, 0) is 6.54 Å². The number of methoxy groups -OCH3 is 1. The second-order valence-electron chi connectivity index (χ2n) is 5.26. The van der Waals surface area contributed by atoms with E-state index < -0.39 is 0 Å². The molecule has 0 saturated heterocycles. The molecule has 2 atom stereocenters. The molecule has 0 aromatic heterocycles. The third-order valence-corrected chi connectivity index (χ3v) is 4.08. The van der Waals surface area contributed by atoms with Gasteiger partial charge in [-0.3, -0.25) is 4.90 Å². The van der Waals surface area contributed by atoms with Crippen LogP contribution in [0.3, 0.4) is 0 Å². The maximum atomic E-state index is 5.85. The van der Waals surface area contributed by atoms with Crippen molar-refractivity contribution in [3.05, 3.63) is 29.8 Å². The second kappa shape index (κ2) is 6.21. The standard InChI is InChI=1S/C15H24N2O/c1-17(15-5-3-4-13(15)10-16)11-12-6-8-14(18-2)9-7-12/h6-9,13,15H,3-5,10-11,16H2,1-2H3. The smallest absolute Gasteiger partial charge is 0.118 e. The minimum absolute atomic E-state index is 0.650. The van der Waals surface area contributed by atoms with Gasteiger partial charge in [-0.25, -0.2) is 0 Å². The first-order valence-electron chi connectivity index (χ1n) is 6.78. The summed E-state index contributed by atoms with van der Waals surface area (Å²) in [5.74, 6) is 1.59. The van der Waals surface area contributed by atoms with Crippen LogP contribution < -0.4 is 10.5 Å². The fourth-order valence-electron chi connectivity index (χ4n) is 3.01. The number of nitrogens with zero attached hydrogens (tertiary/aromatic N) is 1. The molecular weight excluding hydrogens is 224 g/mol. The van der Waals surface area contributed by atoms with Crippen LogP contribution in [0.4, 0.5) is 0 Å². The molecular formula is C15H24N2O. The highest BCUT2D eigenvalue weighted by molar-refractivity contribution is 5.27.